The Kier molecular flexibility index (Phi) is 5.40. The van der Waals surface area contributed by atoms with Crippen molar-refractivity contribution in [2.45, 2.75) is 25.7 Å². The van der Waals surface area contributed by atoms with Gasteiger partial charge in [-0.15, -0.1) is 0 Å². The van der Waals surface area contributed by atoms with Crippen LogP contribution < -0.4 is 0 Å². The highest BCUT2D eigenvalue weighted by atomic mass is 32.2. The van der Waals surface area contributed by atoms with Crippen LogP contribution in [0.25, 0.3) is 10.8 Å². The lowest BCUT2D eigenvalue weighted by Gasteiger charge is -2.17. The molecule has 0 saturated heterocycles. The summed E-state index contributed by atoms with van der Waals surface area (Å²) in [5.74, 6) is 1.85. The summed E-state index contributed by atoms with van der Waals surface area (Å²) >= 11 is 1.94. The van der Waals surface area contributed by atoms with Gasteiger partial charge in [0.1, 0.15) is 0 Å². The van der Waals surface area contributed by atoms with Gasteiger partial charge in [0.25, 0.3) is 0 Å². The Morgan fingerprint density at radius 1 is 0.826 bits per heavy atom. The molecule has 0 bridgehead atoms. The molecule has 0 aliphatic heterocycles. The van der Waals surface area contributed by atoms with Gasteiger partial charge in [0.2, 0.25) is 0 Å². The largest absolute Gasteiger partial charge is 0.165 e. The molecule has 1 atom stereocenters. The Bertz CT molecular complexity index is 770. The molecule has 0 heterocycles. The number of benzene rings is 3. The third kappa shape index (κ3) is 3.79. The lowest BCUT2D eigenvalue weighted by molar-refractivity contribution is 0.732. The highest BCUT2D eigenvalue weighted by Crippen LogP contribution is 2.28. The molecule has 3 rings (SSSR count). The molecule has 0 fully saturated rings. The average molecular weight is 321 g/mol. The first-order valence-corrected chi connectivity index (χ1v) is 9.72. The van der Waals surface area contributed by atoms with Gasteiger partial charge in [-0.1, -0.05) is 73.7 Å². The molecule has 0 aliphatic rings. The normalized spacial score (nSPS) is 12.4. The van der Waals surface area contributed by atoms with Crippen molar-refractivity contribution in [2.75, 3.05) is 12.0 Å². The van der Waals surface area contributed by atoms with Crippen molar-refractivity contribution in [1.29, 1.82) is 0 Å². The fraction of sp³-hybridized carbons (Fsp3) is 0.273. The zero-order valence-corrected chi connectivity index (χ0v) is 14.8. The maximum absolute atomic E-state index is 2.36. The fourth-order valence-electron chi connectivity index (χ4n) is 3.28. The van der Waals surface area contributed by atoms with E-state index in [0.717, 1.165) is 6.42 Å². The lowest BCUT2D eigenvalue weighted by Crippen LogP contribution is -2.02. The SMILES string of the molecule is CSCCC(C)c1ccccc1Cc1cccc2ccccc12. The van der Waals surface area contributed by atoms with E-state index in [1.165, 1.54) is 39.6 Å². The lowest BCUT2D eigenvalue weighted by atomic mass is 9.89. The van der Waals surface area contributed by atoms with Crippen molar-refractivity contribution in [2.24, 2.45) is 0 Å². The van der Waals surface area contributed by atoms with Crippen LogP contribution in [0, 0.1) is 0 Å². The summed E-state index contributed by atoms with van der Waals surface area (Å²) < 4.78 is 0. The third-order valence-electron chi connectivity index (χ3n) is 4.60. The first kappa shape index (κ1) is 16.1. The molecule has 3 aromatic carbocycles. The minimum absolute atomic E-state index is 0.619. The first-order chi connectivity index (χ1) is 11.3. The van der Waals surface area contributed by atoms with Gasteiger partial charge in [0.05, 0.1) is 0 Å². The van der Waals surface area contributed by atoms with Crippen molar-refractivity contribution in [3.8, 4) is 0 Å². The molecule has 1 heteroatoms. The summed E-state index contributed by atoms with van der Waals surface area (Å²) in [7, 11) is 0. The van der Waals surface area contributed by atoms with Gasteiger partial charge in [0.15, 0.2) is 0 Å². The maximum Gasteiger partial charge on any atom is -0.00168 e. The summed E-state index contributed by atoms with van der Waals surface area (Å²) in [5.41, 5.74) is 4.40. The number of rotatable bonds is 6. The van der Waals surface area contributed by atoms with Crippen LogP contribution in [0.5, 0.6) is 0 Å². The van der Waals surface area contributed by atoms with Crippen molar-refractivity contribution in [3.05, 3.63) is 83.4 Å². The predicted octanol–water partition coefficient (Wildman–Crippen LogP) is 6.29. The van der Waals surface area contributed by atoms with Crippen molar-refractivity contribution < 1.29 is 0 Å². The summed E-state index contributed by atoms with van der Waals surface area (Å²) in [5, 5.41) is 2.71. The first-order valence-electron chi connectivity index (χ1n) is 8.33. The van der Waals surface area contributed by atoms with Gasteiger partial charge < -0.3 is 0 Å². The van der Waals surface area contributed by atoms with Gasteiger partial charge in [0, 0.05) is 0 Å². The van der Waals surface area contributed by atoms with Crippen LogP contribution in [0.1, 0.15) is 36.0 Å². The molecule has 0 N–H and O–H groups in total. The Balaban J connectivity index is 1.93. The molecule has 0 radical (unpaired) electrons. The van der Waals surface area contributed by atoms with E-state index in [2.05, 4.69) is 79.9 Å². The number of thioether (sulfide) groups is 1. The fourth-order valence-corrected chi connectivity index (χ4v) is 3.87. The summed E-state index contributed by atoms with van der Waals surface area (Å²) in [6, 6.07) is 24.3. The van der Waals surface area contributed by atoms with Crippen molar-refractivity contribution >= 4 is 22.5 Å². The van der Waals surface area contributed by atoms with Crippen LogP contribution >= 0.6 is 11.8 Å². The van der Waals surface area contributed by atoms with Crippen LogP contribution in [0.2, 0.25) is 0 Å². The van der Waals surface area contributed by atoms with Gasteiger partial charge in [-0.3, -0.25) is 0 Å². The number of fused-ring (bicyclic) bond motifs is 1. The van der Waals surface area contributed by atoms with Crippen LogP contribution in [-0.4, -0.2) is 12.0 Å². The molecular formula is C22H24S. The van der Waals surface area contributed by atoms with Crippen molar-refractivity contribution in [3.63, 3.8) is 0 Å². The van der Waals surface area contributed by atoms with Gasteiger partial charge in [-0.25, -0.2) is 0 Å². The quantitative estimate of drug-likeness (QED) is 0.514. The standard InChI is InChI=1S/C22H24S/c1-17(14-15-23-2)21-12-5-4-9-19(21)16-20-11-7-10-18-8-3-6-13-22(18)20/h3-13,17H,14-16H2,1-2H3. The Morgan fingerprint density at radius 2 is 1.52 bits per heavy atom. The molecule has 0 saturated carbocycles. The van der Waals surface area contributed by atoms with E-state index >= 15 is 0 Å². The van der Waals surface area contributed by atoms with E-state index in [1.807, 2.05) is 11.8 Å². The van der Waals surface area contributed by atoms with E-state index in [0.29, 0.717) is 5.92 Å². The van der Waals surface area contributed by atoms with E-state index in [-0.39, 0.29) is 0 Å². The molecule has 0 amide bonds. The Hall–Kier alpha value is -1.73. The van der Waals surface area contributed by atoms with Crippen LogP contribution in [-0.2, 0) is 6.42 Å². The number of hydrogen-bond donors (Lipinski definition) is 0. The number of hydrogen-bond acceptors (Lipinski definition) is 1. The molecule has 23 heavy (non-hydrogen) atoms. The highest BCUT2D eigenvalue weighted by molar-refractivity contribution is 7.98. The van der Waals surface area contributed by atoms with Crippen LogP contribution in [0.15, 0.2) is 66.7 Å². The van der Waals surface area contributed by atoms with E-state index in [4.69, 9.17) is 0 Å². The van der Waals surface area contributed by atoms with Gasteiger partial charge in [-0.2, -0.15) is 11.8 Å². The van der Waals surface area contributed by atoms with E-state index in [9.17, 15) is 0 Å². The van der Waals surface area contributed by atoms with Crippen LogP contribution in [0.4, 0.5) is 0 Å². The smallest absolute Gasteiger partial charge is 0.00168 e. The predicted molar refractivity (Wildman–Crippen MR) is 105 cm³/mol. The van der Waals surface area contributed by atoms with Crippen molar-refractivity contribution in [1.82, 2.24) is 0 Å². The van der Waals surface area contributed by atoms with E-state index in [1.54, 1.807) is 0 Å². The van der Waals surface area contributed by atoms with Gasteiger partial charge >= 0.3 is 0 Å². The average Bonchev–Trinajstić information content (AvgIpc) is 2.60. The minimum atomic E-state index is 0.619. The minimum Gasteiger partial charge on any atom is -0.165 e. The third-order valence-corrected chi connectivity index (χ3v) is 5.25. The summed E-state index contributed by atoms with van der Waals surface area (Å²) in [4.78, 5) is 0. The molecule has 3 aromatic rings. The maximum atomic E-state index is 2.36. The second-order valence-corrected chi connectivity index (χ2v) is 7.18. The molecule has 0 aliphatic carbocycles. The molecule has 0 aromatic heterocycles. The Morgan fingerprint density at radius 3 is 2.39 bits per heavy atom. The topological polar surface area (TPSA) is 0 Å². The zero-order valence-electron chi connectivity index (χ0n) is 14.0. The summed E-state index contributed by atoms with van der Waals surface area (Å²) in [6.07, 6.45) is 4.45. The molecule has 1 unspecified atom stereocenters. The molecule has 0 nitrogen and oxygen atoms in total. The second-order valence-electron chi connectivity index (χ2n) is 6.20. The molecular weight excluding hydrogens is 296 g/mol. The second kappa shape index (κ2) is 7.70. The zero-order chi connectivity index (χ0) is 16.1. The van der Waals surface area contributed by atoms with Gasteiger partial charge in [-0.05, 0) is 58.2 Å². The molecule has 0 spiro atoms. The van der Waals surface area contributed by atoms with Crippen LogP contribution in [0.3, 0.4) is 0 Å². The Labute approximate surface area is 143 Å². The highest BCUT2D eigenvalue weighted by Gasteiger charge is 2.11. The molecule has 118 valence electrons. The van der Waals surface area contributed by atoms with E-state index < -0.39 is 0 Å². The monoisotopic (exact) mass is 320 g/mol. The summed E-state index contributed by atoms with van der Waals surface area (Å²) in [6.45, 7) is 2.36.